The van der Waals surface area contributed by atoms with Gasteiger partial charge in [0.25, 0.3) is 0 Å². The molecule has 1 saturated carbocycles. The molecule has 66 valence electrons. The summed E-state index contributed by atoms with van der Waals surface area (Å²) in [6.45, 7) is 1.73. The molecule has 3 nitrogen and oxygen atoms in total. The van der Waals surface area contributed by atoms with Crippen LogP contribution in [0.1, 0.15) is 25.7 Å². The van der Waals surface area contributed by atoms with E-state index in [2.05, 4.69) is 0 Å². The van der Waals surface area contributed by atoms with Crippen LogP contribution in [0.3, 0.4) is 0 Å². The van der Waals surface area contributed by atoms with Gasteiger partial charge in [-0.05, 0) is 12.3 Å². The van der Waals surface area contributed by atoms with Crippen molar-refractivity contribution in [2.45, 2.75) is 25.7 Å². The smallest absolute Gasteiger partial charge is 0.222 e. The lowest BCUT2D eigenvalue weighted by molar-refractivity contribution is -0.132. The van der Waals surface area contributed by atoms with Crippen LogP contribution in [-0.4, -0.2) is 29.7 Å². The number of rotatable bonds is 2. The first-order valence-corrected chi connectivity index (χ1v) is 4.55. The van der Waals surface area contributed by atoms with E-state index in [0.717, 1.165) is 19.5 Å². The Morgan fingerprint density at radius 1 is 1.33 bits per heavy atom. The molecule has 0 aromatic rings. The first kappa shape index (κ1) is 7.77. The topological polar surface area (TPSA) is 37.4 Å². The van der Waals surface area contributed by atoms with Crippen molar-refractivity contribution in [3.05, 3.63) is 0 Å². The third-order valence-corrected chi connectivity index (χ3v) is 2.68. The Morgan fingerprint density at radius 3 is 2.58 bits per heavy atom. The molecule has 0 spiro atoms. The molecule has 0 unspecified atom stereocenters. The second-order valence-electron chi connectivity index (χ2n) is 3.76. The normalized spacial score (nSPS) is 24.8. The molecule has 1 aliphatic carbocycles. The molecule has 1 heterocycles. The van der Waals surface area contributed by atoms with Crippen LogP contribution in [0.25, 0.3) is 0 Å². The summed E-state index contributed by atoms with van der Waals surface area (Å²) in [6.07, 6.45) is 3.10. The fourth-order valence-corrected chi connectivity index (χ4v) is 1.92. The number of likely N-dealkylation sites (tertiary alicyclic amines) is 1. The zero-order valence-corrected chi connectivity index (χ0v) is 7.08. The first-order valence-electron chi connectivity index (χ1n) is 4.55. The van der Waals surface area contributed by atoms with E-state index in [1.165, 1.54) is 0 Å². The molecule has 0 atom stereocenters. The molecule has 1 aliphatic heterocycles. The Morgan fingerprint density at radius 2 is 2.08 bits per heavy atom. The highest BCUT2D eigenvalue weighted by atomic mass is 16.2. The lowest BCUT2D eigenvalue weighted by Gasteiger charge is -2.28. The van der Waals surface area contributed by atoms with Gasteiger partial charge in [0.2, 0.25) is 5.91 Å². The summed E-state index contributed by atoms with van der Waals surface area (Å²) in [5.74, 6) is 1.10. The van der Waals surface area contributed by atoms with E-state index >= 15 is 0 Å². The fourth-order valence-electron chi connectivity index (χ4n) is 1.92. The Kier molecular flexibility index (Phi) is 1.87. The predicted molar refractivity (Wildman–Crippen MR) is 43.5 cm³/mol. The second-order valence-corrected chi connectivity index (χ2v) is 3.76. The Hall–Kier alpha value is -0.860. The molecule has 2 fully saturated rings. The number of hydrogen-bond acceptors (Lipinski definition) is 2. The highest BCUT2D eigenvalue weighted by molar-refractivity contribution is 5.85. The van der Waals surface area contributed by atoms with E-state index in [4.69, 9.17) is 0 Å². The SMILES string of the molecule is O=C1CC(CN2CCCC2=O)C1. The maximum absolute atomic E-state index is 11.2. The minimum Gasteiger partial charge on any atom is -0.342 e. The predicted octanol–water partition coefficient (Wildman–Crippen LogP) is 0.588. The standard InChI is InChI=1S/C9H13NO2/c11-8-4-7(5-8)6-10-3-1-2-9(10)12/h7H,1-6H2. The van der Waals surface area contributed by atoms with Crippen LogP contribution in [-0.2, 0) is 9.59 Å². The lowest BCUT2D eigenvalue weighted by atomic mass is 9.84. The lowest BCUT2D eigenvalue weighted by Crippen LogP contribution is -2.37. The van der Waals surface area contributed by atoms with E-state index < -0.39 is 0 Å². The number of ketones is 1. The van der Waals surface area contributed by atoms with Crippen LogP contribution in [0.5, 0.6) is 0 Å². The monoisotopic (exact) mass is 167 g/mol. The van der Waals surface area contributed by atoms with Crippen molar-refractivity contribution in [2.24, 2.45) is 5.92 Å². The molecule has 12 heavy (non-hydrogen) atoms. The van der Waals surface area contributed by atoms with Crippen LogP contribution >= 0.6 is 0 Å². The van der Waals surface area contributed by atoms with Crippen LogP contribution in [0.2, 0.25) is 0 Å². The van der Waals surface area contributed by atoms with Crippen LogP contribution in [0.4, 0.5) is 0 Å². The van der Waals surface area contributed by atoms with Gasteiger partial charge in [0, 0.05) is 32.4 Å². The van der Waals surface area contributed by atoms with Crippen LogP contribution < -0.4 is 0 Å². The number of carbonyl (C=O) groups excluding carboxylic acids is 2. The second kappa shape index (κ2) is 2.88. The van der Waals surface area contributed by atoms with E-state index in [9.17, 15) is 9.59 Å². The summed E-state index contributed by atoms with van der Waals surface area (Å²) in [5.41, 5.74) is 0. The van der Waals surface area contributed by atoms with Crippen molar-refractivity contribution in [3.8, 4) is 0 Å². The zero-order valence-electron chi connectivity index (χ0n) is 7.08. The summed E-state index contributed by atoms with van der Waals surface area (Å²) in [5, 5.41) is 0. The number of Topliss-reactive ketones (excluding diaryl/α,β-unsaturated/α-hetero) is 1. The van der Waals surface area contributed by atoms with Gasteiger partial charge in [0.1, 0.15) is 5.78 Å². The third kappa shape index (κ3) is 1.36. The van der Waals surface area contributed by atoms with Gasteiger partial charge in [0.15, 0.2) is 0 Å². The molecule has 2 aliphatic rings. The van der Waals surface area contributed by atoms with Gasteiger partial charge in [-0.25, -0.2) is 0 Å². The third-order valence-electron chi connectivity index (χ3n) is 2.68. The molecule has 0 aromatic carbocycles. The summed E-state index contributed by atoms with van der Waals surface area (Å²) < 4.78 is 0. The van der Waals surface area contributed by atoms with E-state index in [0.29, 0.717) is 31.0 Å². The van der Waals surface area contributed by atoms with E-state index in [-0.39, 0.29) is 5.91 Å². The highest BCUT2D eigenvalue weighted by Crippen LogP contribution is 2.25. The highest BCUT2D eigenvalue weighted by Gasteiger charge is 2.31. The van der Waals surface area contributed by atoms with Crippen molar-refractivity contribution in [2.75, 3.05) is 13.1 Å². The fraction of sp³-hybridized carbons (Fsp3) is 0.778. The van der Waals surface area contributed by atoms with Gasteiger partial charge in [-0.1, -0.05) is 0 Å². The zero-order chi connectivity index (χ0) is 8.55. The van der Waals surface area contributed by atoms with Gasteiger partial charge >= 0.3 is 0 Å². The first-order chi connectivity index (χ1) is 5.75. The maximum Gasteiger partial charge on any atom is 0.222 e. The van der Waals surface area contributed by atoms with Crippen molar-refractivity contribution >= 4 is 11.7 Å². The molecule has 0 N–H and O–H groups in total. The minimum atomic E-state index is 0.273. The number of nitrogens with zero attached hydrogens (tertiary/aromatic N) is 1. The Bertz CT molecular complexity index is 217. The number of hydrogen-bond donors (Lipinski definition) is 0. The van der Waals surface area contributed by atoms with Crippen molar-refractivity contribution in [1.29, 1.82) is 0 Å². The van der Waals surface area contributed by atoms with Gasteiger partial charge in [-0.3, -0.25) is 9.59 Å². The van der Waals surface area contributed by atoms with Crippen molar-refractivity contribution in [3.63, 3.8) is 0 Å². The quantitative estimate of drug-likeness (QED) is 0.603. The average Bonchev–Trinajstić information content (AvgIpc) is 2.33. The molecule has 0 bridgehead atoms. The molecule has 2 rings (SSSR count). The van der Waals surface area contributed by atoms with E-state index in [1.807, 2.05) is 4.90 Å². The largest absolute Gasteiger partial charge is 0.342 e. The van der Waals surface area contributed by atoms with Gasteiger partial charge in [-0.2, -0.15) is 0 Å². The Labute approximate surface area is 71.7 Å². The average molecular weight is 167 g/mol. The van der Waals surface area contributed by atoms with Gasteiger partial charge in [0.05, 0.1) is 0 Å². The van der Waals surface area contributed by atoms with Crippen molar-refractivity contribution in [1.82, 2.24) is 4.90 Å². The molecule has 1 saturated heterocycles. The van der Waals surface area contributed by atoms with Crippen molar-refractivity contribution < 1.29 is 9.59 Å². The Balaban J connectivity index is 1.79. The van der Waals surface area contributed by atoms with Gasteiger partial charge < -0.3 is 4.90 Å². The molecule has 0 radical (unpaired) electrons. The maximum atomic E-state index is 11.2. The molecule has 3 heteroatoms. The van der Waals surface area contributed by atoms with E-state index in [1.54, 1.807) is 0 Å². The summed E-state index contributed by atoms with van der Waals surface area (Å²) in [7, 11) is 0. The van der Waals surface area contributed by atoms with Gasteiger partial charge in [-0.15, -0.1) is 0 Å². The molecule has 1 amide bonds. The molecular formula is C9H13NO2. The number of amides is 1. The summed E-state index contributed by atoms with van der Waals surface area (Å²) >= 11 is 0. The van der Waals surface area contributed by atoms with Crippen LogP contribution in [0.15, 0.2) is 0 Å². The summed E-state index contributed by atoms with van der Waals surface area (Å²) in [6, 6.07) is 0. The number of carbonyl (C=O) groups is 2. The van der Waals surface area contributed by atoms with Crippen LogP contribution in [0, 0.1) is 5.92 Å². The molecular weight excluding hydrogens is 154 g/mol. The minimum absolute atomic E-state index is 0.273. The summed E-state index contributed by atoms with van der Waals surface area (Å²) in [4.78, 5) is 23.7. The molecule has 0 aromatic heterocycles.